The van der Waals surface area contributed by atoms with Gasteiger partial charge in [-0.25, -0.2) is 9.97 Å². The van der Waals surface area contributed by atoms with E-state index in [2.05, 4.69) is 31.9 Å². The fourth-order valence-electron chi connectivity index (χ4n) is 3.26. The molecule has 9 heteroatoms. The molecule has 1 aliphatic rings. The van der Waals surface area contributed by atoms with Gasteiger partial charge in [-0.05, 0) is 30.8 Å². The van der Waals surface area contributed by atoms with Crippen LogP contribution in [0.1, 0.15) is 5.82 Å². The van der Waals surface area contributed by atoms with Crippen LogP contribution in [0.3, 0.4) is 0 Å². The smallest absolute Gasteiger partial charge is 0.148 e. The number of anilines is 1. The highest BCUT2D eigenvalue weighted by molar-refractivity contribution is 6.33. The number of halogens is 3. The Labute approximate surface area is 175 Å². The summed E-state index contributed by atoms with van der Waals surface area (Å²) in [6.45, 7) is 4.34. The average molecular weight is 430 g/mol. The molecule has 2 aromatic heterocycles. The van der Waals surface area contributed by atoms with Crippen LogP contribution in [-0.4, -0.2) is 47.3 Å². The van der Waals surface area contributed by atoms with Crippen molar-refractivity contribution in [1.82, 2.24) is 19.9 Å². The van der Waals surface area contributed by atoms with Crippen LogP contribution in [-0.2, 0) is 6.42 Å². The van der Waals surface area contributed by atoms with E-state index in [1.54, 1.807) is 6.20 Å². The van der Waals surface area contributed by atoms with E-state index in [1.165, 1.54) is 0 Å². The first-order valence-electron chi connectivity index (χ1n) is 8.55. The number of hydrogen-bond acceptors (Lipinski definition) is 5. The van der Waals surface area contributed by atoms with E-state index in [1.807, 2.05) is 18.3 Å². The van der Waals surface area contributed by atoms with Crippen LogP contribution in [0.5, 0.6) is 0 Å². The molecule has 1 aliphatic heterocycles. The van der Waals surface area contributed by atoms with Gasteiger partial charge in [0.05, 0.1) is 10.5 Å². The van der Waals surface area contributed by atoms with Crippen molar-refractivity contribution < 1.29 is 0 Å². The van der Waals surface area contributed by atoms with Crippen LogP contribution in [0, 0.1) is 0 Å². The van der Waals surface area contributed by atoms with Crippen LogP contribution in [0.15, 0.2) is 36.7 Å². The summed E-state index contributed by atoms with van der Waals surface area (Å²) in [6, 6.07) is 8.20. The number of pyridine rings is 1. The van der Waals surface area contributed by atoms with Gasteiger partial charge in [0.25, 0.3) is 0 Å². The lowest BCUT2D eigenvalue weighted by molar-refractivity contribution is 0.585. The fraction of sp³-hybridized carbons (Fsp3) is 0.333. The molecular weight excluding hydrogens is 407 g/mol. The molecule has 3 aromatic rings. The molecule has 0 unspecified atom stereocenters. The average Bonchev–Trinajstić information content (AvgIpc) is 3.10. The molecule has 1 aromatic carbocycles. The third-order valence-corrected chi connectivity index (χ3v) is 4.79. The first-order valence-corrected chi connectivity index (χ1v) is 8.93. The zero-order chi connectivity index (χ0) is 17.2. The molecule has 146 valence electrons. The van der Waals surface area contributed by atoms with Crippen molar-refractivity contribution in [3.05, 3.63) is 47.5 Å². The summed E-state index contributed by atoms with van der Waals surface area (Å²) in [4.78, 5) is 11.4. The summed E-state index contributed by atoms with van der Waals surface area (Å²) >= 11 is 6.53. The molecule has 0 saturated carbocycles. The van der Waals surface area contributed by atoms with Crippen LogP contribution in [0.25, 0.3) is 16.6 Å². The number of piperazine rings is 1. The van der Waals surface area contributed by atoms with Crippen molar-refractivity contribution in [2.24, 2.45) is 5.73 Å². The lowest BCUT2D eigenvalue weighted by Crippen LogP contribution is -2.44. The van der Waals surface area contributed by atoms with E-state index in [0.717, 1.165) is 60.8 Å². The molecular formula is C18H23Cl3N6. The molecule has 27 heavy (non-hydrogen) atoms. The van der Waals surface area contributed by atoms with E-state index < -0.39 is 0 Å². The quantitative estimate of drug-likeness (QED) is 0.667. The van der Waals surface area contributed by atoms with Crippen LogP contribution in [0.2, 0.25) is 5.02 Å². The number of aromatic nitrogens is 3. The van der Waals surface area contributed by atoms with Gasteiger partial charge in [-0.3, -0.25) is 0 Å². The maximum atomic E-state index is 6.53. The fourth-order valence-corrected chi connectivity index (χ4v) is 3.54. The van der Waals surface area contributed by atoms with Crippen molar-refractivity contribution in [2.45, 2.75) is 6.42 Å². The van der Waals surface area contributed by atoms with Gasteiger partial charge in [0, 0.05) is 56.1 Å². The second kappa shape index (κ2) is 9.57. The maximum absolute atomic E-state index is 6.53. The van der Waals surface area contributed by atoms with Gasteiger partial charge in [0.1, 0.15) is 11.6 Å². The molecule has 1 saturated heterocycles. The van der Waals surface area contributed by atoms with Gasteiger partial charge in [-0.1, -0.05) is 11.6 Å². The summed E-state index contributed by atoms with van der Waals surface area (Å²) in [7, 11) is 0. The Balaban J connectivity index is 0.00000131. The number of hydrogen-bond donors (Lipinski definition) is 2. The zero-order valence-electron chi connectivity index (χ0n) is 14.8. The normalized spacial score (nSPS) is 13.9. The Bertz CT molecular complexity index is 892. The second-order valence-electron chi connectivity index (χ2n) is 6.16. The number of fused-ring (bicyclic) bond motifs is 1. The van der Waals surface area contributed by atoms with Crippen LogP contribution < -0.4 is 16.0 Å². The standard InChI is InChI=1S/C18H21ClN6.2ClH/c19-15-12-13-11-14(25-10-7-22-17(25)3-4-20)1-2-16(13)23-18(15)24-8-5-21-6-9-24;;/h1-2,7,10-12,21H,3-6,8-9,20H2;2*1H. The molecule has 0 spiro atoms. The number of benzene rings is 1. The zero-order valence-corrected chi connectivity index (χ0v) is 17.2. The summed E-state index contributed by atoms with van der Waals surface area (Å²) in [5.74, 6) is 1.83. The molecule has 3 heterocycles. The van der Waals surface area contributed by atoms with Crippen molar-refractivity contribution in [3.63, 3.8) is 0 Å². The van der Waals surface area contributed by atoms with Crippen molar-refractivity contribution in [1.29, 1.82) is 0 Å². The Morgan fingerprint density at radius 3 is 2.67 bits per heavy atom. The van der Waals surface area contributed by atoms with Crippen molar-refractivity contribution in [2.75, 3.05) is 37.6 Å². The summed E-state index contributed by atoms with van der Waals surface area (Å²) in [6.07, 6.45) is 4.50. The van der Waals surface area contributed by atoms with Gasteiger partial charge in [-0.15, -0.1) is 24.8 Å². The van der Waals surface area contributed by atoms with E-state index in [4.69, 9.17) is 22.3 Å². The molecule has 3 N–H and O–H groups in total. The highest BCUT2D eigenvalue weighted by atomic mass is 35.5. The van der Waals surface area contributed by atoms with E-state index in [0.29, 0.717) is 11.6 Å². The number of imidazole rings is 1. The predicted molar refractivity (Wildman–Crippen MR) is 116 cm³/mol. The molecule has 0 bridgehead atoms. The number of nitrogens with two attached hydrogens (primary N) is 1. The molecule has 1 fully saturated rings. The third-order valence-electron chi connectivity index (χ3n) is 4.51. The minimum absolute atomic E-state index is 0. The monoisotopic (exact) mass is 428 g/mol. The lowest BCUT2D eigenvalue weighted by Gasteiger charge is -2.29. The number of nitrogens with zero attached hydrogens (tertiary/aromatic N) is 4. The third kappa shape index (κ3) is 4.47. The number of nitrogens with one attached hydrogen (secondary N) is 1. The highest BCUT2D eigenvalue weighted by Gasteiger charge is 2.16. The summed E-state index contributed by atoms with van der Waals surface area (Å²) in [5, 5.41) is 5.07. The largest absolute Gasteiger partial charge is 0.353 e. The lowest BCUT2D eigenvalue weighted by atomic mass is 10.2. The van der Waals surface area contributed by atoms with E-state index in [-0.39, 0.29) is 24.8 Å². The summed E-state index contributed by atoms with van der Waals surface area (Å²) in [5.41, 5.74) is 7.66. The Morgan fingerprint density at radius 2 is 1.93 bits per heavy atom. The Morgan fingerprint density at radius 1 is 1.15 bits per heavy atom. The van der Waals surface area contributed by atoms with Gasteiger partial charge in [-0.2, -0.15) is 0 Å². The van der Waals surface area contributed by atoms with Crippen LogP contribution in [0.4, 0.5) is 5.82 Å². The first kappa shape index (κ1) is 21.7. The molecule has 0 amide bonds. The van der Waals surface area contributed by atoms with Gasteiger partial charge in [0.2, 0.25) is 0 Å². The van der Waals surface area contributed by atoms with Gasteiger partial charge < -0.3 is 20.5 Å². The van der Waals surface area contributed by atoms with Gasteiger partial charge >= 0.3 is 0 Å². The minimum atomic E-state index is 0. The molecule has 4 rings (SSSR count). The minimum Gasteiger partial charge on any atom is -0.353 e. The Hall–Kier alpha value is -1.57. The van der Waals surface area contributed by atoms with E-state index in [9.17, 15) is 0 Å². The molecule has 6 nitrogen and oxygen atoms in total. The maximum Gasteiger partial charge on any atom is 0.148 e. The molecule has 0 radical (unpaired) electrons. The molecule has 0 aliphatic carbocycles. The van der Waals surface area contributed by atoms with E-state index >= 15 is 0 Å². The first-order chi connectivity index (χ1) is 12.3. The topological polar surface area (TPSA) is 72.0 Å². The van der Waals surface area contributed by atoms with Crippen LogP contribution >= 0.6 is 36.4 Å². The van der Waals surface area contributed by atoms with Crippen molar-refractivity contribution >= 4 is 53.1 Å². The van der Waals surface area contributed by atoms with Crippen molar-refractivity contribution in [3.8, 4) is 5.69 Å². The number of rotatable bonds is 4. The predicted octanol–water partition coefficient (Wildman–Crippen LogP) is 2.83. The molecule has 0 atom stereocenters. The summed E-state index contributed by atoms with van der Waals surface area (Å²) < 4.78 is 2.06. The van der Waals surface area contributed by atoms with Gasteiger partial charge in [0.15, 0.2) is 0 Å². The highest BCUT2D eigenvalue weighted by Crippen LogP contribution is 2.29. The Kier molecular flexibility index (Phi) is 7.70. The second-order valence-corrected chi connectivity index (χ2v) is 6.57. The SMILES string of the molecule is Cl.Cl.NCCc1nccn1-c1ccc2nc(N3CCNCC3)c(Cl)cc2c1.